The summed E-state index contributed by atoms with van der Waals surface area (Å²) in [5.74, 6) is -0.383. The molecule has 0 aliphatic carbocycles. The maximum Gasteiger partial charge on any atom is 0.249 e. The zero-order valence-electron chi connectivity index (χ0n) is 12.6. The second-order valence-electron chi connectivity index (χ2n) is 5.03. The first kappa shape index (κ1) is 15.1. The lowest BCUT2D eigenvalue weighted by atomic mass is 10.0. The van der Waals surface area contributed by atoms with Crippen molar-refractivity contribution in [1.29, 1.82) is 0 Å². The smallest absolute Gasteiger partial charge is 0.249 e. The SMILES string of the molecule is CCc1cccc(CC)c1NCc1ccccc1C(N)=O. The molecule has 2 rings (SSSR count). The van der Waals surface area contributed by atoms with Crippen LogP contribution in [0, 0.1) is 0 Å². The summed E-state index contributed by atoms with van der Waals surface area (Å²) < 4.78 is 0. The fraction of sp³-hybridized carbons (Fsp3) is 0.278. The van der Waals surface area contributed by atoms with Crippen molar-refractivity contribution in [3.05, 3.63) is 64.7 Å². The maximum atomic E-state index is 11.5. The molecular formula is C18H22N2O. The number of hydrogen-bond donors (Lipinski definition) is 2. The van der Waals surface area contributed by atoms with Crippen molar-refractivity contribution in [2.24, 2.45) is 5.73 Å². The third-order valence-electron chi connectivity index (χ3n) is 3.74. The molecule has 0 heterocycles. The lowest BCUT2D eigenvalue weighted by molar-refractivity contribution is 0.0999. The second-order valence-corrected chi connectivity index (χ2v) is 5.03. The van der Waals surface area contributed by atoms with E-state index in [1.54, 1.807) is 6.07 Å². The van der Waals surface area contributed by atoms with E-state index in [1.807, 2.05) is 18.2 Å². The van der Waals surface area contributed by atoms with Crippen molar-refractivity contribution in [3.63, 3.8) is 0 Å². The summed E-state index contributed by atoms with van der Waals surface area (Å²) >= 11 is 0. The minimum absolute atomic E-state index is 0.383. The summed E-state index contributed by atoms with van der Waals surface area (Å²) in [4.78, 5) is 11.5. The molecule has 3 heteroatoms. The molecule has 3 N–H and O–H groups in total. The third kappa shape index (κ3) is 3.43. The van der Waals surface area contributed by atoms with Gasteiger partial charge in [0, 0.05) is 17.8 Å². The Kier molecular flexibility index (Phi) is 4.99. The average Bonchev–Trinajstić information content (AvgIpc) is 2.52. The molecule has 0 fully saturated rings. The Morgan fingerprint density at radius 2 is 1.52 bits per heavy atom. The topological polar surface area (TPSA) is 55.1 Å². The zero-order valence-corrected chi connectivity index (χ0v) is 12.6. The molecule has 0 saturated carbocycles. The Labute approximate surface area is 126 Å². The number of rotatable bonds is 6. The number of carbonyl (C=O) groups excluding carboxylic acids is 1. The van der Waals surface area contributed by atoms with Crippen LogP contribution in [0.2, 0.25) is 0 Å². The lowest BCUT2D eigenvalue weighted by Gasteiger charge is -2.16. The fourth-order valence-electron chi connectivity index (χ4n) is 2.57. The molecule has 2 aromatic carbocycles. The quantitative estimate of drug-likeness (QED) is 0.851. The van der Waals surface area contributed by atoms with E-state index in [4.69, 9.17) is 5.73 Å². The molecule has 0 unspecified atom stereocenters. The van der Waals surface area contributed by atoms with Crippen LogP contribution in [0.4, 0.5) is 5.69 Å². The molecule has 0 saturated heterocycles. The number of carbonyl (C=O) groups is 1. The van der Waals surface area contributed by atoms with Crippen LogP contribution in [0.1, 0.15) is 40.9 Å². The van der Waals surface area contributed by atoms with Crippen LogP contribution in [-0.2, 0) is 19.4 Å². The highest BCUT2D eigenvalue weighted by molar-refractivity contribution is 5.94. The number of nitrogens with two attached hydrogens (primary N) is 1. The van der Waals surface area contributed by atoms with Crippen molar-refractivity contribution < 1.29 is 4.79 Å². The molecule has 0 aromatic heterocycles. The molecule has 0 aliphatic rings. The number of para-hydroxylation sites is 1. The van der Waals surface area contributed by atoms with Crippen molar-refractivity contribution >= 4 is 11.6 Å². The third-order valence-corrected chi connectivity index (χ3v) is 3.74. The van der Waals surface area contributed by atoms with Gasteiger partial charge in [-0.25, -0.2) is 0 Å². The van der Waals surface area contributed by atoms with E-state index in [1.165, 1.54) is 16.8 Å². The van der Waals surface area contributed by atoms with Gasteiger partial charge in [-0.05, 0) is 35.6 Å². The minimum Gasteiger partial charge on any atom is -0.380 e. The normalized spacial score (nSPS) is 10.4. The largest absolute Gasteiger partial charge is 0.380 e. The number of aryl methyl sites for hydroxylation is 2. The summed E-state index contributed by atoms with van der Waals surface area (Å²) in [6, 6.07) is 13.8. The first-order valence-corrected chi connectivity index (χ1v) is 7.39. The molecular weight excluding hydrogens is 260 g/mol. The van der Waals surface area contributed by atoms with E-state index in [0.29, 0.717) is 12.1 Å². The van der Waals surface area contributed by atoms with Crippen LogP contribution in [0.5, 0.6) is 0 Å². The highest BCUT2D eigenvalue weighted by Gasteiger charge is 2.09. The molecule has 0 radical (unpaired) electrons. The van der Waals surface area contributed by atoms with Crippen molar-refractivity contribution in [2.45, 2.75) is 33.2 Å². The van der Waals surface area contributed by atoms with E-state index in [0.717, 1.165) is 18.4 Å². The van der Waals surface area contributed by atoms with Crippen LogP contribution in [-0.4, -0.2) is 5.91 Å². The fourth-order valence-corrected chi connectivity index (χ4v) is 2.57. The minimum atomic E-state index is -0.383. The van der Waals surface area contributed by atoms with Crippen LogP contribution in [0.25, 0.3) is 0 Å². The van der Waals surface area contributed by atoms with Crippen LogP contribution in [0.3, 0.4) is 0 Å². The summed E-state index contributed by atoms with van der Waals surface area (Å²) in [6.45, 7) is 4.90. The van der Waals surface area contributed by atoms with Crippen molar-refractivity contribution in [3.8, 4) is 0 Å². The number of benzene rings is 2. The first-order chi connectivity index (χ1) is 10.2. The van der Waals surface area contributed by atoms with Crippen LogP contribution in [0.15, 0.2) is 42.5 Å². The number of primary amides is 1. The van der Waals surface area contributed by atoms with Crippen LogP contribution >= 0.6 is 0 Å². The summed E-state index contributed by atoms with van der Waals surface area (Å²) in [5.41, 5.74) is 10.7. The lowest BCUT2D eigenvalue weighted by Crippen LogP contribution is -2.15. The van der Waals surface area contributed by atoms with Gasteiger partial charge in [0.25, 0.3) is 0 Å². The van der Waals surface area contributed by atoms with Gasteiger partial charge in [0.05, 0.1) is 0 Å². The van der Waals surface area contributed by atoms with Gasteiger partial charge in [-0.1, -0.05) is 50.2 Å². The Morgan fingerprint density at radius 1 is 0.952 bits per heavy atom. The van der Waals surface area contributed by atoms with Gasteiger partial charge in [0.2, 0.25) is 5.91 Å². The van der Waals surface area contributed by atoms with Gasteiger partial charge in [-0.3, -0.25) is 4.79 Å². The van der Waals surface area contributed by atoms with E-state index in [-0.39, 0.29) is 5.91 Å². The molecule has 1 amide bonds. The molecule has 2 aromatic rings. The average molecular weight is 282 g/mol. The maximum absolute atomic E-state index is 11.5. The van der Waals surface area contributed by atoms with Gasteiger partial charge < -0.3 is 11.1 Å². The Hall–Kier alpha value is -2.29. The first-order valence-electron chi connectivity index (χ1n) is 7.39. The highest BCUT2D eigenvalue weighted by Crippen LogP contribution is 2.23. The Bertz CT molecular complexity index is 613. The summed E-state index contributed by atoms with van der Waals surface area (Å²) in [5, 5.41) is 3.49. The molecule has 0 aliphatic heterocycles. The molecule has 110 valence electrons. The standard InChI is InChI=1S/C18H22N2O/c1-3-13-9-7-10-14(4-2)17(13)20-12-15-8-5-6-11-16(15)18(19)21/h5-11,20H,3-4,12H2,1-2H3,(H2,19,21). The van der Waals surface area contributed by atoms with Gasteiger partial charge >= 0.3 is 0 Å². The molecule has 3 nitrogen and oxygen atoms in total. The molecule has 21 heavy (non-hydrogen) atoms. The molecule has 0 atom stereocenters. The van der Waals surface area contributed by atoms with Gasteiger partial charge in [0.1, 0.15) is 0 Å². The predicted molar refractivity (Wildman–Crippen MR) is 87.5 cm³/mol. The van der Waals surface area contributed by atoms with E-state index in [2.05, 4.69) is 37.4 Å². The number of amides is 1. The second kappa shape index (κ2) is 6.93. The van der Waals surface area contributed by atoms with Gasteiger partial charge in [-0.15, -0.1) is 0 Å². The van der Waals surface area contributed by atoms with Crippen molar-refractivity contribution in [2.75, 3.05) is 5.32 Å². The number of anilines is 1. The van der Waals surface area contributed by atoms with Gasteiger partial charge in [0.15, 0.2) is 0 Å². The molecule has 0 spiro atoms. The van der Waals surface area contributed by atoms with Crippen molar-refractivity contribution in [1.82, 2.24) is 0 Å². The van der Waals surface area contributed by atoms with E-state index in [9.17, 15) is 4.79 Å². The zero-order chi connectivity index (χ0) is 15.2. The summed E-state index contributed by atoms with van der Waals surface area (Å²) in [7, 11) is 0. The van der Waals surface area contributed by atoms with Crippen LogP contribution < -0.4 is 11.1 Å². The van der Waals surface area contributed by atoms with Gasteiger partial charge in [-0.2, -0.15) is 0 Å². The number of hydrogen-bond acceptors (Lipinski definition) is 2. The van der Waals surface area contributed by atoms with E-state index < -0.39 is 0 Å². The van der Waals surface area contributed by atoms with E-state index >= 15 is 0 Å². The Morgan fingerprint density at radius 3 is 2.10 bits per heavy atom. The molecule has 0 bridgehead atoms. The highest BCUT2D eigenvalue weighted by atomic mass is 16.1. The predicted octanol–water partition coefficient (Wildman–Crippen LogP) is 3.52. The number of nitrogens with one attached hydrogen (secondary N) is 1. The Balaban J connectivity index is 2.26. The summed E-state index contributed by atoms with van der Waals surface area (Å²) in [6.07, 6.45) is 1.96. The monoisotopic (exact) mass is 282 g/mol.